The zero-order valence-electron chi connectivity index (χ0n) is 7.67. The molecule has 14 heavy (non-hydrogen) atoms. The normalized spacial score (nSPS) is 10.0. The minimum absolute atomic E-state index is 0.755. The molecule has 0 amide bonds. The second-order valence-corrected chi connectivity index (χ2v) is 2.68. The van der Waals surface area contributed by atoms with Crippen molar-refractivity contribution >= 4 is 12.4 Å². The van der Waals surface area contributed by atoms with Gasteiger partial charge in [-0.25, -0.2) is 9.97 Å². The number of imidazole rings is 2. The van der Waals surface area contributed by atoms with E-state index in [4.69, 9.17) is 0 Å². The van der Waals surface area contributed by atoms with Crippen LogP contribution in [-0.2, 0) is 0 Å². The van der Waals surface area contributed by atoms with Crippen LogP contribution in [0.5, 0.6) is 0 Å². The van der Waals surface area contributed by atoms with Crippen LogP contribution in [0.2, 0.25) is 0 Å². The molecule has 0 saturated carbocycles. The van der Waals surface area contributed by atoms with E-state index in [1.165, 1.54) is 0 Å². The van der Waals surface area contributed by atoms with Crippen molar-refractivity contribution in [3.05, 3.63) is 37.9 Å². The Balaban J connectivity index is 2.59. The summed E-state index contributed by atoms with van der Waals surface area (Å²) >= 11 is 0. The highest BCUT2D eigenvalue weighted by Crippen LogP contribution is 2.15. The van der Waals surface area contributed by atoms with Crippen molar-refractivity contribution in [1.82, 2.24) is 19.1 Å². The van der Waals surface area contributed by atoms with Crippen LogP contribution >= 0.6 is 0 Å². The summed E-state index contributed by atoms with van der Waals surface area (Å²) in [7, 11) is 0. The van der Waals surface area contributed by atoms with E-state index in [2.05, 4.69) is 23.1 Å². The van der Waals surface area contributed by atoms with Gasteiger partial charge in [-0.05, 0) is 0 Å². The van der Waals surface area contributed by atoms with E-state index in [1.807, 2.05) is 21.5 Å². The van der Waals surface area contributed by atoms with E-state index in [-0.39, 0.29) is 0 Å². The highest BCUT2D eigenvalue weighted by Gasteiger charge is 2.08. The Morgan fingerprint density at radius 2 is 1.36 bits per heavy atom. The second-order valence-electron chi connectivity index (χ2n) is 2.68. The van der Waals surface area contributed by atoms with E-state index >= 15 is 0 Å². The predicted molar refractivity (Wildman–Crippen MR) is 56.2 cm³/mol. The zero-order valence-corrected chi connectivity index (χ0v) is 7.67. The third kappa shape index (κ3) is 1.17. The average molecular weight is 186 g/mol. The minimum atomic E-state index is 0.755. The molecule has 2 rings (SSSR count). The maximum atomic E-state index is 4.20. The molecule has 4 heteroatoms. The zero-order chi connectivity index (χ0) is 9.97. The first-order valence-electron chi connectivity index (χ1n) is 4.18. The lowest BCUT2D eigenvalue weighted by atomic mass is 10.5. The number of hydrogen-bond acceptors (Lipinski definition) is 2. The molecule has 2 aromatic rings. The SMILES string of the molecule is C=Cn1ccnc1-c1nccn1C=C. The van der Waals surface area contributed by atoms with Crippen LogP contribution in [0.1, 0.15) is 0 Å². The molecule has 0 fully saturated rings. The maximum absolute atomic E-state index is 4.20. The molecular formula is C10H10N4. The monoisotopic (exact) mass is 186 g/mol. The van der Waals surface area contributed by atoms with Crippen LogP contribution in [0.25, 0.3) is 24.0 Å². The summed E-state index contributed by atoms with van der Waals surface area (Å²) in [5, 5.41) is 0. The number of hydrogen-bond donors (Lipinski definition) is 0. The fourth-order valence-corrected chi connectivity index (χ4v) is 1.27. The molecule has 2 aromatic heterocycles. The van der Waals surface area contributed by atoms with Crippen molar-refractivity contribution in [2.45, 2.75) is 0 Å². The van der Waals surface area contributed by atoms with Gasteiger partial charge in [0, 0.05) is 37.2 Å². The highest BCUT2D eigenvalue weighted by atomic mass is 15.1. The number of aromatic nitrogens is 4. The van der Waals surface area contributed by atoms with Gasteiger partial charge in [-0.15, -0.1) is 0 Å². The molecule has 0 N–H and O–H groups in total. The summed E-state index contributed by atoms with van der Waals surface area (Å²) < 4.78 is 3.62. The molecule has 0 aliphatic carbocycles. The van der Waals surface area contributed by atoms with Gasteiger partial charge in [0.15, 0.2) is 11.6 Å². The first-order valence-corrected chi connectivity index (χ1v) is 4.18. The Labute approximate surface area is 81.8 Å². The molecule has 0 bridgehead atoms. The molecule has 0 unspecified atom stereocenters. The molecule has 0 radical (unpaired) electrons. The summed E-state index contributed by atoms with van der Waals surface area (Å²) in [4.78, 5) is 8.40. The lowest BCUT2D eigenvalue weighted by Crippen LogP contribution is -1.96. The molecule has 70 valence electrons. The van der Waals surface area contributed by atoms with Gasteiger partial charge >= 0.3 is 0 Å². The average Bonchev–Trinajstić information content (AvgIpc) is 2.85. The molecule has 4 nitrogen and oxygen atoms in total. The summed E-state index contributed by atoms with van der Waals surface area (Å²) in [5.74, 6) is 1.51. The molecule has 0 spiro atoms. The Morgan fingerprint density at radius 3 is 1.71 bits per heavy atom. The summed E-state index contributed by atoms with van der Waals surface area (Å²) in [6, 6.07) is 0. The van der Waals surface area contributed by atoms with Crippen LogP contribution in [0.15, 0.2) is 37.9 Å². The fraction of sp³-hybridized carbons (Fsp3) is 0. The van der Waals surface area contributed by atoms with Gasteiger partial charge in [-0.1, -0.05) is 13.2 Å². The van der Waals surface area contributed by atoms with E-state index < -0.39 is 0 Å². The topological polar surface area (TPSA) is 35.6 Å². The van der Waals surface area contributed by atoms with E-state index in [0.29, 0.717) is 0 Å². The van der Waals surface area contributed by atoms with Crippen molar-refractivity contribution in [3.8, 4) is 11.6 Å². The van der Waals surface area contributed by atoms with E-state index in [1.54, 1.807) is 24.8 Å². The summed E-state index contributed by atoms with van der Waals surface area (Å²) in [5.41, 5.74) is 0. The van der Waals surface area contributed by atoms with Crippen LogP contribution in [-0.4, -0.2) is 19.1 Å². The van der Waals surface area contributed by atoms with Gasteiger partial charge in [-0.2, -0.15) is 0 Å². The van der Waals surface area contributed by atoms with Crippen LogP contribution < -0.4 is 0 Å². The van der Waals surface area contributed by atoms with Crippen molar-refractivity contribution in [1.29, 1.82) is 0 Å². The Morgan fingerprint density at radius 1 is 0.929 bits per heavy atom. The van der Waals surface area contributed by atoms with Gasteiger partial charge in [0.1, 0.15) is 0 Å². The standard InChI is InChI=1S/C10H10N4/c1-3-13-7-5-11-9(13)10-12-6-8-14(10)4-2/h3-8H,1-2H2. The smallest absolute Gasteiger partial charge is 0.180 e. The van der Waals surface area contributed by atoms with Crippen LogP contribution in [0.4, 0.5) is 0 Å². The third-order valence-electron chi connectivity index (χ3n) is 1.93. The number of nitrogens with zero attached hydrogens (tertiary/aromatic N) is 4. The van der Waals surface area contributed by atoms with Gasteiger partial charge in [0.25, 0.3) is 0 Å². The molecule has 0 aliphatic rings. The van der Waals surface area contributed by atoms with Crippen LogP contribution in [0, 0.1) is 0 Å². The van der Waals surface area contributed by atoms with Crippen molar-refractivity contribution in [3.63, 3.8) is 0 Å². The van der Waals surface area contributed by atoms with Crippen molar-refractivity contribution in [2.75, 3.05) is 0 Å². The predicted octanol–water partition coefficient (Wildman–Crippen LogP) is 1.95. The lowest BCUT2D eigenvalue weighted by molar-refractivity contribution is 1.05. The van der Waals surface area contributed by atoms with Crippen LogP contribution in [0.3, 0.4) is 0 Å². The van der Waals surface area contributed by atoms with Gasteiger partial charge in [-0.3, -0.25) is 0 Å². The Bertz CT molecular complexity index is 420. The molecular weight excluding hydrogens is 176 g/mol. The third-order valence-corrected chi connectivity index (χ3v) is 1.93. The van der Waals surface area contributed by atoms with E-state index in [0.717, 1.165) is 11.6 Å². The first kappa shape index (κ1) is 8.50. The Hall–Kier alpha value is -2.10. The molecule has 0 saturated heterocycles. The van der Waals surface area contributed by atoms with Gasteiger partial charge in [0.05, 0.1) is 0 Å². The maximum Gasteiger partial charge on any atom is 0.180 e. The minimum Gasteiger partial charge on any atom is -0.305 e. The first-order chi connectivity index (χ1) is 6.86. The highest BCUT2D eigenvalue weighted by molar-refractivity contribution is 5.52. The molecule has 0 aliphatic heterocycles. The summed E-state index contributed by atoms with van der Waals surface area (Å²) in [6.45, 7) is 7.38. The molecule has 0 aromatic carbocycles. The fourth-order valence-electron chi connectivity index (χ4n) is 1.27. The molecule has 2 heterocycles. The lowest BCUT2D eigenvalue weighted by Gasteiger charge is -2.01. The largest absolute Gasteiger partial charge is 0.305 e. The van der Waals surface area contributed by atoms with Gasteiger partial charge in [0.2, 0.25) is 0 Å². The molecule has 0 atom stereocenters. The summed E-state index contributed by atoms with van der Waals surface area (Å²) in [6.07, 6.45) is 10.4. The van der Waals surface area contributed by atoms with Gasteiger partial charge < -0.3 is 9.13 Å². The van der Waals surface area contributed by atoms with E-state index in [9.17, 15) is 0 Å². The number of rotatable bonds is 3. The van der Waals surface area contributed by atoms with Crippen molar-refractivity contribution in [2.24, 2.45) is 0 Å². The second kappa shape index (κ2) is 3.33. The van der Waals surface area contributed by atoms with Crippen molar-refractivity contribution < 1.29 is 0 Å². The quantitative estimate of drug-likeness (QED) is 0.734. The Kier molecular flexibility index (Phi) is 2.02.